The van der Waals surface area contributed by atoms with Crippen molar-refractivity contribution >= 4 is 15.9 Å². The van der Waals surface area contributed by atoms with Gasteiger partial charge in [0.1, 0.15) is 5.82 Å². The molecule has 1 atom stereocenters. The van der Waals surface area contributed by atoms with Crippen LogP contribution in [0.15, 0.2) is 6.07 Å². The molecule has 0 aliphatic heterocycles. The molecule has 16 heavy (non-hydrogen) atoms. The predicted octanol–water partition coefficient (Wildman–Crippen LogP) is 1.45. The lowest BCUT2D eigenvalue weighted by Gasteiger charge is -2.09. The molecule has 0 saturated heterocycles. The van der Waals surface area contributed by atoms with Crippen LogP contribution in [-0.2, 0) is 11.2 Å². The molecule has 1 aromatic rings. The smallest absolute Gasteiger partial charge is 0.220 e. The molecule has 0 bridgehead atoms. The van der Waals surface area contributed by atoms with Crippen LogP contribution in [-0.4, -0.2) is 42.7 Å². The highest BCUT2D eigenvalue weighted by Crippen LogP contribution is 2.17. The van der Waals surface area contributed by atoms with Crippen LogP contribution in [0, 0.1) is 0 Å². The number of aromatic nitrogens is 2. The number of alkyl halides is 1. The van der Waals surface area contributed by atoms with Crippen molar-refractivity contribution in [3.8, 4) is 11.8 Å². The summed E-state index contributed by atoms with van der Waals surface area (Å²) in [5.41, 5.74) is 0. The quantitative estimate of drug-likeness (QED) is 0.742. The maximum Gasteiger partial charge on any atom is 0.220 e. The summed E-state index contributed by atoms with van der Waals surface area (Å²) in [4.78, 5) is 8.62. The van der Waals surface area contributed by atoms with Gasteiger partial charge in [0.05, 0.1) is 26.9 Å². The first-order valence-electron chi connectivity index (χ1n) is 4.78. The summed E-state index contributed by atoms with van der Waals surface area (Å²) in [6, 6.07) is 1.64. The Kier molecular flexibility index (Phi) is 5.48. The van der Waals surface area contributed by atoms with E-state index in [1.54, 1.807) is 27.4 Å². The van der Waals surface area contributed by atoms with Crippen LogP contribution in [0.1, 0.15) is 5.82 Å². The Morgan fingerprint density at radius 3 is 2.19 bits per heavy atom. The van der Waals surface area contributed by atoms with Gasteiger partial charge in [-0.15, -0.1) is 0 Å². The van der Waals surface area contributed by atoms with Crippen molar-refractivity contribution in [2.45, 2.75) is 11.2 Å². The Labute approximate surface area is 103 Å². The molecule has 0 spiro atoms. The topological polar surface area (TPSA) is 53.5 Å². The van der Waals surface area contributed by atoms with Gasteiger partial charge < -0.3 is 14.2 Å². The molecule has 0 amide bonds. The van der Waals surface area contributed by atoms with E-state index in [9.17, 15) is 0 Å². The van der Waals surface area contributed by atoms with Crippen molar-refractivity contribution in [2.24, 2.45) is 0 Å². The highest BCUT2D eigenvalue weighted by molar-refractivity contribution is 9.09. The fraction of sp³-hybridized carbons (Fsp3) is 0.600. The average molecular weight is 291 g/mol. The highest BCUT2D eigenvalue weighted by Gasteiger charge is 2.10. The lowest BCUT2D eigenvalue weighted by Crippen LogP contribution is -2.13. The zero-order valence-electron chi connectivity index (χ0n) is 9.57. The van der Waals surface area contributed by atoms with Gasteiger partial charge in [0, 0.05) is 18.4 Å². The zero-order valence-corrected chi connectivity index (χ0v) is 11.2. The molecule has 1 unspecified atom stereocenters. The molecular weight excluding hydrogens is 276 g/mol. The third kappa shape index (κ3) is 3.94. The SMILES string of the molecule is COCC(Br)Cc1nc(OC)cc(OC)n1. The molecule has 0 radical (unpaired) electrons. The van der Waals surface area contributed by atoms with Crippen molar-refractivity contribution in [3.63, 3.8) is 0 Å². The first-order valence-corrected chi connectivity index (χ1v) is 5.70. The molecule has 6 heteroatoms. The van der Waals surface area contributed by atoms with E-state index in [-0.39, 0.29) is 4.83 Å². The second-order valence-electron chi connectivity index (χ2n) is 3.13. The highest BCUT2D eigenvalue weighted by atomic mass is 79.9. The Morgan fingerprint density at radius 2 is 1.75 bits per heavy atom. The van der Waals surface area contributed by atoms with Gasteiger partial charge in [0.15, 0.2) is 0 Å². The molecule has 90 valence electrons. The van der Waals surface area contributed by atoms with Gasteiger partial charge in [0.25, 0.3) is 0 Å². The number of halogens is 1. The number of nitrogens with zero attached hydrogens (tertiary/aromatic N) is 2. The Balaban J connectivity index is 2.78. The van der Waals surface area contributed by atoms with E-state index in [0.717, 1.165) is 0 Å². The fourth-order valence-electron chi connectivity index (χ4n) is 1.19. The minimum absolute atomic E-state index is 0.175. The van der Waals surface area contributed by atoms with E-state index in [1.165, 1.54) is 0 Å². The number of methoxy groups -OCH3 is 3. The summed E-state index contributed by atoms with van der Waals surface area (Å²) < 4.78 is 15.1. The van der Waals surface area contributed by atoms with E-state index in [1.807, 2.05) is 0 Å². The minimum Gasteiger partial charge on any atom is -0.481 e. The van der Waals surface area contributed by atoms with Crippen LogP contribution in [0.4, 0.5) is 0 Å². The molecule has 0 aliphatic carbocycles. The molecule has 1 aromatic heterocycles. The standard InChI is InChI=1S/C10H15BrN2O3/c1-14-6-7(11)4-8-12-9(15-2)5-10(13-8)16-3/h5,7H,4,6H2,1-3H3. The lowest BCUT2D eigenvalue weighted by molar-refractivity contribution is 0.200. The van der Waals surface area contributed by atoms with Crippen LogP contribution >= 0.6 is 15.9 Å². The number of ether oxygens (including phenoxy) is 3. The summed E-state index contributed by atoms with van der Waals surface area (Å²) in [6.07, 6.45) is 0.654. The van der Waals surface area contributed by atoms with Crippen molar-refractivity contribution in [1.29, 1.82) is 0 Å². The summed E-state index contributed by atoms with van der Waals surface area (Å²) >= 11 is 3.48. The van der Waals surface area contributed by atoms with Gasteiger partial charge in [0.2, 0.25) is 11.8 Å². The van der Waals surface area contributed by atoms with E-state index in [4.69, 9.17) is 14.2 Å². The van der Waals surface area contributed by atoms with Crippen LogP contribution < -0.4 is 9.47 Å². The molecule has 1 rings (SSSR count). The van der Waals surface area contributed by atoms with Crippen LogP contribution in [0.2, 0.25) is 0 Å². The van der Waals surface area contributed by atoms with Crippen molar-refractivity contribution in [1.82, 2.24) is 9.97 Å². The minimum atomic E-state index is 0.175. The molecular formula is C10H15BrN2O3. The fourth-order valence-corrected chi connectivity index (χ4v) is 1.74. The zero-order chi connectivity index (χ0) is 12.0. The van der Waals surface area contributed by atoms with Crippen LogP contribution in [0.3, 0.4) is 0 Å². The van der Waals surface area contributed by atoms with E-state index < -0.39 is 0 Å². The van der Waals surface area contributed by atoms with Gasteiger partial charge in [-0.1, -0.05) is 15.9 Å². The lowest BCUT2D eigenvalue weighted by atomic mass is 10.3. The second kappa shape index (κ2) is 6.65. The normalized spacial score (nSPS) is 12.2. The van der Waals surface area contributed by atoms with Gasteiger partial charge in [-0.05, 0) is 0 Å². The molecule has 0 N–H and O–H groups in total. The second-order valence-corrected chi connectivity index (χ2v) is 4.42. The van der Waals surface area contributed by atoms with E-state index in [0.29, 0.717) is 30.6 Å². The van der Waals surface area contributed by atoms with Gasteiger partial charge in [-0.3, -0.25) is 0 Å². The predicted molar refractivity (Wildman–Crippen MR) is 63.4 cm³/mol. The first-order chi connectivity index (χ1) is 7.69. The van der Waals surface area contributed by atoms with Gasteiger partial charge in [-0.2, -0.15) is 9.97 Å². The maximum atomic E-state index is 5.06. The molecule has 0 saturated carbocycles. The number of hydrogen-bond donors (Lipinski definition) is 0. The first kappa shape index (κ1) is 13.2. The van der Waals surface area contributed by atoms with E-state index >= 15 is 0 Å². The third-order valence-electron chi connectivity index (χ3n) is 1.90. The molecule has 0 aromatic carbocycles. The van der Waals surface area contributed by atoms with Gasteiger partial charge in [-0.25, -0.2) is 0 Å². The summed E-state index contributed by atoms with van der Waals surface area (Å²) in [5.74, 6) is 1.66. The molecule has 0 fully saturated rings. The molecule has 1 heterocycles. The third-order valence-corrected chi connectivity index (χ3v) is 2.48. The summed E-state index contributed by atoms with van der Waals surface area (Å²) in [6.45, 7) is 0.600. The van der Waals surface area contributed by atoms with E-state index in [2.05, 4.69) is 25.9 Å². The van der Waals surface area contributed by atoms with Crippen LogP contribution in [0.5, 0.6) is 11.8 Å². The van der Waals surface area contributed by atoms with Crippen molar-refractivity contribution in [3.05, 3.63) is 11.9 Å². The molecule has 5 nitrogen and oxygen atoms in total. The Morgan fingerprint density at radius 1 is 1.19 bits per heavy atom. The van der Waals surface area contributed by atoms with Gasteiger partial charge >= 0.3 is 0 Å². The van der Waals surface area contributed by atoms with Crippen molar-refractivity contribution < 1.29 is 14.2 Å². The average Bonchev–Trinajstić information content (AvgIpc) is 2.28. The monoisotopic (exact) mass is 290 g/mol. The number of rotatable bonds is 6. The largest absolute Gasteiger partial charge is 0.481 e. The molecule has 0 aliphatic rings. The summed E-state index contributed by atoms with van der Waals surface area (Å²) in [5, 5.41) is 0. The maximum absolute atomic E-state index is 5.06. The Hall–Kier alpha value is -0.880. The Bertz CT molecular complexity index is 314. The summed E-state index contributed by atoms with van der Waals surface area (Å²) in [7, 11) is 4.78. The van der Waals surface area contributed by atoms with Crippen LogP contribution in [0.25, 0.3) is 0 Å². The van der Waals surface area contributed by atoms with Crippen molar-refractivity contribution in [2.75, 3.05) is 27.9 Å². The number of hydrogen-bond acceptors (Lipinski definition) is 5.